The van der Waals surface area contributed by atoms with Crippen LogP contribution in [0.1, 0.15) is 140 Å². The van der Waals surface area contributed by atoms with Crippen molar-refractivity contribution in [2.45, 2.75) is 134 Å². The number of hydrogen-bond acceptors (Lipinski definition) is 3. The predicted molar refractivity (Wildman–Crippen MR) is 225 cm³/mol. The number of anilines is 1. The Labute approximate surface area is 333 Å². The van der Waals surface area contributed by atoms with Crippen LogP contribution in [-0.2, 0) is 29.3 Å². The van der Waals surface area contributed by atoms with Gasteiger partial charge in [-0.1, -0.05) is 116 Å². The Morgan fingerprint density at radius 1 is 0.660 bits per heavy atom. The summed E-state index contributed by atoms with van der Waals surface area (Å²) in [6.07, 6.45) is 10.8. The van der Waals surface area contributed by atoms with Gasteiger partial charge < -0.3 is 0 Å². The zero-order valence-corrected chi connectivity index (χ0v) is 35.9. The van der Waals surface area contributed by atoms with Crippen molar-refractivity contribution in [3.63, 3.8) is 0 Å². The molecule has 289 valence electrons. The molecule has 0 aromatic heterocycles. The van der Waals surface area contributed by atoms with Crippen molar-refractivity contribution in [2.75, 3.05) is 5.73 Å². The molecule has 0 saturated heterocycles. The van der Waals surface area contributed by atoms with Gasteiger partial charge in [-0.2, -0.15) is 8.42 Å². The van der Waals surface area contributed by atoms with Crippen LogP contribution in [0.5, 0.6) is 0 Å². The first-order valence-electron chi connectivity index (χ1n) is 19.9. The fraction of sp³-hybridized carbons (Fsp3) is 0.478. The number of nitrogens with two attached hydrogens (primary N) is 1. The van der Waals surface area contributed by atoms with Crippen LogP contribution in [0, 0.1) is 5.92 Å². The summed E-state index contributed by atoms with van der Waals surface area (Å²) < 4.78 is 38.8. The summed E-state index contributed by atoms with van der Waals surface area (Å²) in [4.78, 5) is -0.669. The van der Waals surface area contributed by atoms with Gasteiger partial charge in [-0.25, -0.2) is 0 Å². The standard InChI is InChI=1S/C34H51O3PS.C12H10N.Pd/c1-23(2)27-21-30(24(3)4)33(31(22-27)25(5)6)29-19-13-14-20-32(29)38(28-17-11-8-12-18-28)34(39(35,36)37)26-15-9-7-10-16-26;13-12-9-5-4-8-11(12)10-6-2-1-3-7-10;/h13-14,19-26,28,34H,7-12,15-18H2,1-6H3,(H,35,36,37);1-6,8-9H,13H2;. The third kappa shape index (κ3) is 10.3. The van der Waals surface area contributed by atoms with E-state index in [-0.39, 0.29) is 5.92 Å². The van der Waals surface area contributed by atoms with Crippen LogP contribution in [0.3, 0.4) is 0 Å². The van der Waals surface area contributed by atoms with Crippen molar-refractivity contribution < 1.29 is 32.2 Å². The number of rotatable bonds is 10. The molecule has 4 aromatic rings. The van der Waals surface area contributed by atoms with Crippen molar-refractivity contribution in [3.8, 4) is 22.3 Å². The van der Waals surface area contributed by atoms with Crippen molar-refractivity contribution in [3.05, 3.63) is 102 Å². The Kier molecular flexibility index (Phi) is 15.0. The van der Waals surface area contributed by atoms with Gasteiger partial charge in [0.25, 0.3) is 10.1 Å². The van der Waals surface area contributed by atoms with E-state index in [9.17, 15) is 13.0 Å². The van der Waals surface area contributed by atoms with Crippen molar-refractivity contribution in [1.82, 2.24) is 0 Å². The molecule has 0 heterocycles. The summed E-state index contributed by atoms with van der Waals surface area (Å²) in [7, 11) is -5.32. The first-order chi connectivity index (χ1) is 25.3. The summed E-state index contributed by atoms with van der Waals surface area (Å²) in [5.41, 5.74) is 15.9. The van der Waals surface area contributed by atoms with Crippen LogP contribution in [0.25, 0.3) is 22.3 Å². The second-order valence-corrected chi connectivity index (χ2v) is 21.4. The Morgan fingerprint density at radius 2 is 1.15 bits per heavy atom. The molecule has 3 N–H and O–H groups in total. The van der Waals surface area contributed by atoms with Crippen LogP contribution >= 0.6 is 7.92 Å². The molecule has 2 fully saturated rings. The molecule has 4 nitrogen and oxygen atoms in total. The average Bonchev–Trinajstić information content (AvgIpc) is 3.14. The maximum atomic E-state index is 13.4. The molecule has 6 rings (SSSR count). The van der Waals surface area contributed by atoms with Crippen LogP contribution in [0.2, 0.25) is 0 Å². The van der Waals surface area contributed by atoms with Crippen LogP contribution in [0.15, 0.2) is 84.9 Å². The fourth-order valence-electron chi connectivity index (χ4n) is 8.51. The van der Waals surface area contributed by atoms with Gasteiger partial charge in [-0.05, 0) is 96.1 Å². The summed E-state index contributed by atoms with van der Waals surface area (Å²) in [6.45, 7) is 13.7. The van der Waals surface area contributed by atoms with Gasteiger partial charge >= 0.3 is 94.3 Å². The summed E-state index contributed by atoms with van der Waals surface area (Å²) >= 11 is 3.23. The zero-order valence-electron chi connectivity index (χ0n) is 32.6. The molecule has 0 aliphatic heterocycles. The minimum atomic E-state index is -4.20. The molecule has 0 spiro atoms. The van der Waals surface area contributed by atoms with Crippen LogP contribution in [-0.4, -0.2) is 23.6 Å². The van der Waals surface area contributed by atoms with Gasteiger partial charge in [-0.3, -0.25) is 4.55 Å². The molecule has 53 heavy (non-hydrogen) atoms. The maximum absolute atomic E-state index is 13.4. The molecule has 0 bridgehead atoms. The first kappa shape index (κ1) is 41.8. The summed E-state index contributed by atoms with van der Waals surface area (Å²) in [6, 6.07) is 29.5. The minimum absolute atomic E-state index is 0.0484. The molecule has 2 aliphatic rings. The quantitative estimate of drug-likeness (QED) is 0.0721. The van der Waals surface area contributed by atoms with Gasteiger partial charge in [0.05, 0.1) is 0 Å². The molecule has 2 aliphatic carbocycles. The summed E-state index contributed by atoms with van der Waals surface area (Å²) in [5, 5.41) is 1.20. The van der Waals surface area contributed by atoms with E-state index in [4.69, 9.17) is 5.73 Å². The van der Waals surface area contributed by atoms with E-state index >= 15 is 0 Å². The molecule has 2 unspecified atom stereocenters. The van der Waals surface area contributed by atoms with Crippen molar-refractivity contribution in [2.24, 2.45) is 5.92 Å². The topological polar surface area (TPSA) is 80.4 Å². The average molecular weight is 845 g/mol. The normalized spacial score (nSPS) is 17.1. The van der Waals surface area contributed by atoms with E-state index in [0.29, 0.717) is 23.4 Å². The van der Waals surface area contributed by atoms with E-state index in [0.717, 1.165) is 72.2 Å². The van der Waals surface area contributed by atoms with E-state index in [2.05, 4.69) is 103 Å². The Balaban J connectivity index is 0.000000322. The molecule has 2 atom stereocenters. The number of hydrogen-bond donors (Lipinski definition) is 2. The Hall–Kier alpha value is -2.32. The van der Waals surface area contributed by atoms with E-state index < -0.39 is 23.0 Å². The third-order valence-corrected chi connectivity index (χ3v) is 17.7. The third-order valence-electron chi connectivity index (χ3n) is 11.3. The molecule has 4 aromatic carbocycles. The SMILES string of the molecule is CC(C)c1cc(C(C)C)c(-c2ccccc2P(C2CCCCC2)C(C2CCCCC2)S(=O)(=O)O)c(C(C)C)c1.Nc1ccccc1-c1cccc[c]1[Pd]. The molecule has 2 saturated carbocycles. The van der Waals surface area contributed by atoms with E-state index in [1.165, 1.54) is 46.0 Å². The van der Waals surface area contributed by atoms with Crippen LogP contribution in [0.4, 0.5) is 5.69 Å². The van der Waals surface area contributed by atoms with Gasteiger partial charge in [0.15, 0.2) is 0 Å². The predicted octanol–water partition coefficient (Wildman–Crippen LogP) is 12.1. The van der Waals surface area contributed by atoms with Crippen molar-refractivity contribution in [1.29, 1.82) is 0 Å². The number of benzene rings is 4. The van der Waals surface area contributed by atoms with Gasteiger partial charge in [0.2, 0.25) is 0 Å². The second-order valence-electron chi connectivity index (χ2n) is 16.1. The van der Waals surface area contributed by atoms with Gasteiger partial charge in [0, 0.05) is 0 Å². The molecule has 7 heteroatoms. The molecule has 0 radical (unpaired) electrons. The Bertz CT molecular complexity index is 1840. The van der Waals surface area contributed by atoms with Crippen molar-refractivity contribution >= 4 is 33.1 Å². The van der Waals surface area contributed by atoms with Gasteiger partial charge in [-0.15, -0.1) is 0 Å². The zero-order chi connectivity index (χ0) is 38.3. The number of para-hydroxylation sites is 1. The van der Waals surface area contributed by atoms with Crippen LogP contribution < -0.4 is 15.1 Å². The van der Waals surface area contributed by atoms with Gasteiger partial charge in [0.1, 0.15) is 4.99 Å². The monoisotopic (exact) mass is 844 g/mol. The first-order valence-corrected chi connectivity index (χ1v) is 23.6. The second kappa shape index (κ2) is 19.0. The Morgan fingerprint density at radius 3 is 1.66 bits per heavy atom. The summed E-state index contributed by atoms with van der Waals surface area (Å²) in [5.74, 6) is 1.19. The van der Waals surface area contributed by atoms with E-state index in [1.807, 2.05) is 42.5 Å². The number of nitrogen functional groups attached to an aromatic ring is 1. The molecule has 0 amide bonds. The fourth-order valence-corrected chi connectivity index (χ4v) is 15.2. The molecular weight excluding hydrogens is 784 g/mol. The molecular formula is C46H61NO3PPdS. The van der Waals surface area contributed by atoms with E-state index in [1.54, 1.807) is 0 Å².